The number of hydrogen-bond donors (Lipinski definition) is 2. The van der Waals surface area contributed by atoms with Crippen LogP contribution in [-0.2, 0) is 4.74 Å². The largest absolute Gasteiger partial charge is 0.397 e. The summed E-state index contributed by atoms with van der Waals surface area (Å²) in [5.41, 5.74) is 7.12. The first-order chi connectivity index (χ1) is 9.72. The van der Waals surface area contributed by atoms with Gasteiger partial charge >= 0.3 is 0 Å². The van der Waals surface area contributed by atoms with Gasteiger partial charge in [0.1, 0.15) is 5.69 Å². The van der Waals surface area contributed by atoms with Crippen LogP contribution >= 0.6 is 0 Å². The van der Waals surface area contributed by atoms with Gasteiger partial charge in [0.05, 0.1) is 5.69 Å². The highest BCUT2D eigenvalue weighted by atomic mass is 16.5. The molecule has 0 aliphatic heterocycles. The summed E-state index contributed by atoms with van der Waals surface area (Å²) in [5, 5.41) is 2.93. The van der Waals surface area contributed by atoms with Gasteiger partial charge in [-0.1, -0.05) is 13.3 Å². The van der Waals surface area contributed by atoms with Crippen LogP contribution in [0.3, 0.4) is 0 Å². The van der Waals surface area contributed by atoms with Crippen LogP contribution in [0.1, 0.15) is 55.6 Å². The Morgan fingerprint density at radius 2 is 2.20 bits per heavy atom. The van der Waals surface area contributed by atoms with Crippen molar-refractivity contribution in [2.45, 2.75) is 45.1 Å². The van der Waals surface area contributed by atoms with Crippen molar-refractivity contribution in [3.05, 3.63) is 18.0 Å². The molecule has 0 spiro atoms. The molecule has 1 saturated carbocycles. The van der Waals surface area contributed by atoms with E-state index in [4.69, 9.17) is 10.5 Å². The first kappa shape index (κ1) is 14.9. The summed E-state index contributed by atoms with van der Waals surface area (Å²) in [5.74, 6) is -0.0397. The monoisotopic (exact) mass is 279 g/mol. The lowest BCUT2D eigenvalue weighted by Crippen LogP contribution is -2.27. The van der Waals surface area contributed by atoms with Crippen molar-refractivity contribution in [3.63, 3.8) is 0 Å². The molecule has 5 nitrogen and oxygen atoms in total. The number of rotatable bonds is 9. The fourth-order valence-corrected chi connectivity index (χ4v) is 2.15. The molecular weight excluding hydrogens is 254 g/mol. The molecule has 20 heavy (non-hydrogen) atoms. The van der Waals surface area contributed by atoms with Gasteiger partial charge in [0.25, 0.3) is 5.91 Å². The van der Waals surface area contributed by atoms with Crippen molar-refractivity contribution < 1.29 is 9.53 Å². The summed E-state index contributed by atoms with van der Waals surface area (Å²) in [4.78, 5) is 12.1. The summed E-state index contributed by atoms with van der Waals surface area (Å²) in [6, 6.07) is 2.22. The van der Waals surface area contributed by atoms with Gasteiger partial charge in [-0.05, 0) is 31.7 Å². The molecule has 1 aliphatic rings. The van der Waals surface area contributed by atoms with E-state index in [1.807, 2.05) is 10.8 Å². The third-order valence-electron chi connectivity index (χ3n) is 3.44. The van der Waals surface area contributed by atoms with Gasteiger partial charge in [-0.25, -0.2) is 0 Å². The number of anilines is 1. The average molecular weight is 279 g/mol. The van der Waals surface area contributed by atoms with E-state index in [2.05, 4.69) is 12.2 Å². The standard InChI is InChI=1S/C15H25N3O2/c1-2-3-8-20-9-4-7-17-15(19)14-10-12(16)11-18(14)13-5-6-13/h10-11,13H,2-9,16H2,1H3,(H,17,19). The number of hydrogen-bond acceptors (Lipinski definition) is 3. The molecule has 2 rings (SSSR count). The van der Waals surface area contributed by atoms with Crippen molar-refractivity contribution >= 4 is 11.6 Å². The van der Waals surface area contributed by atoms with Crippen LogP contribution < -0.4 is 11.1 Å². The van der Waals surface area contributed by atoms with Crippen LogP contribution in [-0.4, -0.2) is 30.2 Å². The molecule has 1 aliphatic carbocycles. The van der Waals surface area contributed by atoms with Gasteiger partial charge in [-0.2, -0.15) is 0 Å². The lowest BCUT2D eigenvalue weighted by molar-refractivity contribution is 0.0931. The number of unbranched alkanes of at least 4 members (excludes halogenated alkanes) is 1. The molecule has 0 aromatic carbocycles. The number of carbonyl (C=O) groups is 1. The third kappa shape index (κ3) is 4.27. The lowest BCUT2D eigenvalue weighted by atomic mass is 10.3. The van der Waals surface area contributed by atoms with E-state index >= 15 is 0 Å². The Kier molecular flexibility index (Phi) is 5.47. The van der Waals surface area contributed by atoms with Crippen molar-refractivity contribution in [1.29, 1.82) is 0 Å². The molecule has 5 heteroatoms. The van der Waals surface area contributed by atoms with Crippen molar-refractivity contribution in [1.82, 2.24) is 9.88 Å². The van der Waals surface area contributed by atoms with E-state index in [9.17, 15) is 4.79 Å². The summed E-state index contributed by atoms with van der Waals surface area (Å²) < 4.78 is 7.46. The van der Waals surface area contributed by atoms with Gasteiger partial charge < -0.3 is 20.4 Å². The molecule has 1 aromatic heterocycles. The summed E-state index contributed by atoms with van der Waals surface area (Å²) in [6.07, 6.45) is 7.23. The topological polar surface area (TPSA) is 69.3 Å². The first-order valence-electron chi connectivity index (χ1n) is 7.55. The lowest BCUT2D eigenvalue weighted by Gasteiger charge is -2.08. The number of nitrogen functional groups attached to an aromatic ring is 1. The smallest absolute Gasteiger partial charge is 0.267 e. The second-order valence-corrected chi connectivity index (χ2v) is 5.37. The molecule has 0 bridgehead atoms. The maximum absolute atomic E-state index is 12.1. The second-order valence-electron chi connectivity index (χ2n) is 5.37. The zero-order valence-electron chi connectivity index (χ0n) is 12.2. The number of amides is 1. The van der Waals surface area contributed by atoms with Gasteiger partial charge in [-0.3, -0.25) is 4.79 Å². The van der Waals surface area contributed by atoms with E-state index < -0.39 is 0 Å². The SMILES string of the molecule is CCCCOCCCNC(=O)c1cc(N)cn1C1CC1. The van der Waals surface area contributed by atoms with Crippen molar-refractivity contribution in [2.24, 2.45) is 0 Å². The molecule has 1 fully saturated rings. The predicted octanol–water partition coefficient (Wildman–Crippen LogP) is 2.34. The number of nitrogens with one attached hydrogen (secondary N) is 1. The van der Waals surface area contributed by atoms with E-state index in [1.165, 1.54) is 0 Å². The molecule has 3 N–H and O–H groups in total. The Labute approximate surface area is 120 Å². The van der Waals surface area contributed by atoms with Gasteiger partial charge in [0.2, 0.25) is 0 Å². The van der Waals surface area contributed by atoms with Crippen LogP contribution in [0.25, 0.3) is 0 Å². The Morgan fingerprint density at radius 3 is 2.90 bits per heavy atom. The van der Waals surface area contributed by atoms with E-state index in [0.717, 1.165) is 38.7 Å². The molecule has 1 heterocycles. The van der Waals surface area contributed by atoms with Gasteiger partial charge in [0.15, 0.2) is 0 Å². The Balaban J connectivity index is 1.69. The molecule has 0 radical (unpaired) electrons. The third-order valence-corrected chi connectivity index (χ3v) is 3.44. The van der Waals surface area contributed by atoms with E-state index in [-0.39, 0.29) is 5.91 Å². The fraction of sp³-hybridized carbons (Fsp3) is 0.667. The van der Waals surface area contributed by atoms with Crippen molar-refractivity contribution in [3.8, 4) is 0 Å². The molecule has 112 valence electrons. The zero-order chi connectivity index (χ0) is 14.4. The quantitative estimate of drug-likeness (QED) is 0.682. The van der Waals surface area contributed by atoms with Crippen LogP contribution in [0.2, 0.25) is 0 Å². The molecule has 0 atom stereocenters. The van der Waals surface area contributed by atoms with Crippen LogP contribution in [0.15, 0.2) is 12.3 Å². The number of nitrogens with two attached hydrogens (primary N) is 1. The van der Waals surface area contributed by atoms with Gasteiger partial charge in [-0.15, -0.1) is 0 Å². The first-order valence-corrected chi connectivity index (χ1v) is 7.55. The van der Waals surface area contributed by atoms with Crippen molar-refractivity contribution in [2.75, 3.05) is 25.5 Å². The van der Waals surface area contributed by atoms with Crippen LogP contribution in [0, 0.1) is 0 Å². The molecule has 1 amide bonds. The predicted molar refractivity (Wildman–Crippen MR) is 79.8 cm³/mol. The van der Waals surface area contributed by atoms with E-state index in [1.54, 1.807) is 6.07 Å². The highest BCUT2D eigenvalue weighted by Gasteiger charge is 2.27. The molecule has 0 unspecified atom stereocenters. The van der Waals surface area contributed by atoms with Crippen LogP contribution in [0.4, 0.5) is 5.69 Å². The Morgan fingerprint density at radius 1 is 1.45 bits per heavy atom. The van der Waals surface area contributed by atoms with Gasteiger partial charge in [0, 0.05) is 32.0 Å². The molecule has 0 saturated heterocycles. The highest BCUT2D eigenvalue weighted by molar-refractivity contribution is 5.93. The minimum atomic E-state index is -0.0397. The van der Waals surface area contributed by atoms with E-state index in [0.29, 0.717) is 30.6 Å². The number of nitrogens with zero attached hydrogens (tertiary/aromatic N) is 1. The number of aromatic nitrogens is 1. The van der Waals surface area contributed by atoms with Crippen LogP contribution in [0.5, 0.6) is 0 Å². The maximum Gasteiger partial charge on any atom is 0.267 e. The fourth-order valence-electron chi connectivity index (χ4n) is 2.15. The maximum atomic E-state index is 12.1. The zero-order valence-corrected chi connectivity index (χ0v) is 12.2. The summed E-state index contributed by atoms with van der Waals surface area (Å²) >= 11 is 0. The highest BCUT2D eigenvalue weighted by Crippen LogP contribution is 2.37. The Bertz CT molecular complexity index is 438. The average Bonchev–Trinajstić information content (AvgIpc) is 3.20. The minimum Gasteiger partial charge on any atom is -0.397 e. The molecule has 1 aromatic rings. The summed E-state index contributed by atoms with van der Waals surface area (Å²) in [6.45, 7) is 4.29. The minimum absolute atomic E-state index is 0.0397. The Hall–Kier alpha value is -1.49. The number of carbonyl (C=O) groups excluding carboxylic acids is 1. The number of ether oxygens (including phenoxy) is 1. The second kappa shape index (κ2) is 7.33. The summed E-state index contributed by atoms with van der Waals surface area (Å²) in [7, 11) is 0. The normalized spacial score (nSPS) is 14.4. The molecular formula is C15H25N3O2.